The van der Waals surface area contributed by atoms with Gasteiger partial charge in [0.15, 0.2) is 0 Å². The molecule has 1 heterocycles. The number of carbonyl (C=O) groups excluding carboxylic acids is 1. The van der Waals surface area contributed by atoms with Crippen molar-refractivity contribution in [3.05, 3.63) is 48.5 Å². The number of nitrogens with zero attached hydrogens (tertiary/aromatic N) is 1. The van der Waals surface area contributed by atoms with E-state index in [1.54, 1.807) is 36.4 Å². The van der Waals surface area contributed by atoms with Crippen molar-refractivity contribution in [3.63, 3.8) is 0 Å². The van der Waals surface area contributed by atoms with Gasteiger partial charge in [-0.2, -0.15) is 4.31 Å². The average molecular weight is 433 g/mol. The molecule has 1 fully saturated rings. The first-order valence-corrected chi connectivity index (χ1v) is 11.7. The highest BCUT2D eigenvalue weighted by Gasteiger charge is 2.33. The molecule has 1 saturated heterocycles. The molecule has 0 saturated carbocycles. The fourth-order valence-corrected chi connectivity index (χ4v) is 5.01. The van der Waals surface area contributed by atoms with E-state index >= 15 is 0 Å². The van der Waals surface area contributed by atoms with E-state index in [0.717, 1.165) is 0 Å². The Balaban J connectivity index is 1.70. The van der Waals surface area contributed by atoms with Crippen LogP contribution >= 0.6 is 0 Å². The van der Waals surface area contributed by atoms with E-state index in [2.05, 4.69) is 5.32 Å². The third-order valence-corrected chi connectivity index (χ3v) is 6.85. The number of hydrogen-bond acceptors (Lipinski definition) is 5. The molecule has 1 amide bonds. The lowest BCUT2D eigenvalue weighted by atomic mass is 9.98. The average Bonchev–Trinajstić information content (AvgIpc) is 2.76. The summed E-state index contributed by atoms with van der Waals surface area (Å²) in [4.78, 5) is 13.0. The summed E-state index contributed by atoms with van der Waals surface area (Å²) in [6, 6.07) is 13.6. The zero-order chi connectivity index (χ0) is 21.6. The van der Waals surface area contributed by atoms with Crippen LogP contribution in [0, 0.1) is 5.92 Å². The molecule has 0 aliphatic carbocycles. The lowest BCUT2D eigenvalue weighted by Crippen LogP contribution is -2.43. The quantitative estimate of drug-likeness (QED) is 0.690. The largest absolute Gasteiger partial charge is 0.494 e. The Morgan fingerprint density at radius 1 is 1.07 bits per heavy atom. The Labute approximate surface area is 178 Å². The van der Waals surface area contributed by atoms with Crippen molar-refractivity contribution in [1.82, 2.24) is 4.31 Å². The normalized spacial score (nSPS) is 17.3. The molecule has 1 N–H and O–H groups in total. The number of ether oxygens (including phenoxy) is 2. The number of carbonyl (C=O) groups is 1. The Morgan fingerprint density at radius 3 is 2.47 bits per heavy atom. The second-order valence-corrected chi connectivity index (χ2v) is 8.96. The number of anilines is 1. The summed E-state index contributed by atoms with van der Waals surface area (Å²) in [5, 5.41) is 2.90. The van der Waals surface area contributed by atoms with Crippen LogP contribution in [-0.4, -0.2) is 44.9 Å². The van der Waals surface area contributed by atoms with Crippen LogP contribution in [0.3, 0.4) is 0 Å². The van der Waals surface area contributed by atoms with Gasteiger partial charge in [0, 0.05) is 13.1 Å². The maximum atomic E-state index is 13.1. The van der Waals surface area contributed by atoms with Gasteiger partial charge in [0.1, 0.15) is 11.5 Å². The van der Waals surface area contributed by atoms with Crippen LogP contribution in [0.1, 0.15) is 26.7 Å². The summed E-state index contributed by atoms with van der Waals surface area (Å²) in [5.74, 6) is 0.600. The van der Waals surface area contributed by atoms with Crippen LogP contribution in [0.2, 0.25) is 0 Å². The molecular weight excluding hydrogens is 404 g/mol. The molecule has 1 atom stereocenters. The highest BCUT2D eigenvalue weighted by Crippen LogP contribution is 2.28. The van der Waals surface area contributed by atoms with Gasteiger partial charge in [0.2, 0.25) is 15.9 Å². The van der Waals surface area contributed by atoms with Gasteiger partial charge in [-0.05, 0) is 63.1 Å². The molecule has 8 heteroatoms. The van der Waals surface area contributed by atoms with Gasteiger partial charge in [-0.25, -0.2) is 8.42 Å². The van der Waals surface area contributed by atoms with Gasteiger partial charge in [0.05, 0.1) is 29.7 Å². The van der Waals surface area contributed by atoms with E-state index in [9.17, 15) is 13.2 Å². The van der Waals surface area contributed by atoms with E-state index in [0.29, 0.717) is 49.8 Å². The fourth-order valence-electron chi connectivity index (χ4n) is 3.48. The van der Waals surface area contributed by atoms with E-state index in [4.69, 9.17) is 9.47 Å². The van der Waals surface area contributed by atoms with Gasteiger partial charge in [0.25, 0.3) is 0 Å². The summed E-state index contributed by atoms with van der Waals surface area (Å²) in [6.07, 6.45) is 1.26. The molecule has 3 rings (SSSR count). The first kappa shape index (κ1) is 22.1. The summed E-state index contributed by atoms with van der Waals surface area (Å²) in [6.45, 7) is 5.30. The SMILES string of the molecule is CCOc1ccc(S(=O)(=O)N2CCC[C@H](C(=O)Nc3ccccc3OCC)C2)cc1. The minimum atomic E-state index is -3.68. The fraction of sp³-hybridized carbons (Fsp3) is 0.409. The van der Waals surface area contributed by atoms with Crippen LogP contribution in [0.25, 0.3) is 0 Å². The Bertz CT molecular complexity index is 960. The van der Waals surface area contributed by atoms with Crippen molar-refractivity contribution >= 4 is 21.6 Å². The molecule has 162 valence electrons. The Morgan fingerprint density at radius 2 is 1.77 bits per heavy atom. The molecule has 1 aliphatic heterocycles. The maximum absolute atomic E-state index is 13.1. The van der Waals surface area contributed by atoms with E-state index in [1.807, 2.05) is 26.0 Å². The van der Waals surface area contributed by atoms with Crippen LogP contribution in [0.15, 0.2) is 53.4 Å². The standard InChI is InChI=1S/C22H28N2O5S/c1-3-28-18-11-13-19(14-12-18)30(26,27)24-15-7-8-17(16-24)22(25)23-20-9-5-6-10-21(20)29-4-2/h5-6,9-14,17H,3-4,7-8,15-16H2,1-2H3,(H,23,25)/t17-/m0/s1. The lowest BCUT2D eigenvalue weighted by molar-refractivity contribution is -0.120. The van der Waals surface area contributed by atoms with Crippen molar-refractivity contribution in [2.45, 2.75) is 31.6 Å². The van der Waals surface area contributed by atoms with Gasteiger partial charge in [-0.3, -0.25) is 4.79 Å². The molecule has 2 aromatic carbocycles. The second kappa shape index (κ2) is 9.95. The van der Waals surface area contributed by atoms with Crippen LogP contribution in [0.5, 0.6) is 11.5 Å². The highest BCUT2D eigenvalue weighted by molar-refractivity contribution is 7.89. The van der Waals surface area contributed by atoms with Crippen molar-refractivity contribution in [2.75, 3.05) is 31.6 Å². The zero-order valence-electron chi connectivity index (χ0n) is 17.3. The summed E-state index contributed by atoms with van der Waals surface area (Å²) >= 11 is 0. The summed E-state index contributed by atoms with van der Waals surface area (Å²) in [5.41, 5.74) is 0.593. The molecule has 30 heavy (non-hydrogen) atoms. The number of piperidine rings is 1. The number of benzene rings is 2. The number of rotatable bonds is 8. The molecule has 0 radical (unpaired) electrons. The predicted octanol–water partition coefficient (Wildman–Crippen LogP) is 3.52. The second-order valence-electron chi connectivity index (χ2n) is 7.03. The summed E-state index contributed by atoms with van der Waals surface area (Å²) < 4.78 is 38.4. The van der Waals surface area contributed by atoms with E-state index in [1.165, 1.54) is 4.31 Å². The van der Waals surface area contributed by atoms with Gasteiger partial charge in [-0.15, -0.1) is 0 Å². The monoisotopic (exact) mass is 432 g/mol. The highest BCUT2D eigenvalue weighted by atomic mass is 32.2. The molecule has 0 bridgehead atoms. The van der Waals surface area contributed by atoms with Gasteiger partial charge in [-0.1, -0.05) is 12.1 Å². The minimum absolute atomic E-state index is 0.151. The molecule has 0 aromatic heterocycles. The smallest absolute Gasteiger partial charge is 0.243 e. The van der Waals surface area contributed by atoms with E-state index in [-0.39, 0.29) is 17.3 Å². The van der Waals surface area contributed by atoms with Crippen molar-refractivity contribution in [1.29, 1.82) is 0 Å². The van der Waals surface area contributed by atoms with Gasteiger partial charge < -0.3 is 14.8 Å². The third-order valence-electron chi connectivity index (χ3n) is 4.97. The Hall–Kier alpha value is -2.58. The zero-order valence-corrected chi connectivity index (χ0v) is 18.2. The van der Waals surface area contributed by atoms with Crippen LogP contribution in [-0.2, 0) is 14.8 Å². The topological polar surface area (TPSA) is 84.9 Å². The molecule has 0 spiro atoms. The van der Waals surface area contributed by atoms with Gasteiger partial charge >= 0.3 is 0 Å². The van der Waals surface area contributed by atoms with Crippen molar-refractivity contribution in [2.24, 2.45) is 5.92 Å². The maximum Gasteiger partial charge on any atom is 0.243 e. The van der Waals surface area contributed by atoms with Crippen LogP contribution in [0.4, 0.5) is 5.69 Å². The third kappa shape index (κ3) is 5.12. The first-order valence-electron chi connectivity index (χ1n) is 10.2. The van der Waals surface area contributed by atoms with Crippen LogP contribution < -0.4 is 14.8 Å². The molecule has 7 nitrogen and oxygen atoms in total. The molecule has 1 aliphatic rings. The number of nitrogens with one attached hydrogen (secondary N) is 1. The number of sulfonamides is 1. The number of hydrogen-bond donors (Lipinski definition) is 1. The summed E-state index contributed by atoms with van der Waals surface area (Å²) in [7, 11) is -3.68. The van der Waals surface area contributed by atoms with Crippen molar-refractivity contribution < 1.29 is 22.7 Å². The predicted molar refractivity (Wildman–Crippen MR) is 115 cm³/mol. The first-order chi connectivity index (χ1) is 14.5. The molecule has 0 unspecified atom stereocenters. The van der Waals surface area contributed by atoms with E-state index < -0.39 is 15.9 Å². The molecular formula is C22H28N2O5S. The lowest BCUT2D eigenvalue weighted by Gasteiger charge is -2.31. The van der Waals surface area contributed by atoms with Crippen molar-refractivity contribution in [3.8, 4) is 11.5 Å². The Kier molecular flexibility index (Phi) is 7.33. The number of para-hydroxylation sites is 2. The molecule has 2 aromatic rings. The number of amides is 1. The minimum Gasteiger partial charge on any atom is -0.494 e.